The Labute approximate surface area is 170 Å². The van der Waals surface area contributed by atoms with E-state index >= 15 is 0 Å². The third kappa shape index (κ3) is 4.78. The molecule has 1 aliphatic rings. The van der Waals surface area contributed by atoms with E-state index < -0.39 is 0 Å². The van der Waals surface area contributed by atoms with Crippen LogP contribution in [-0.4, -0.2) is 61.6 Å². The Hall–Kier alpha value is -3.26. The van der Waals surface area contributed by atoms with Gasteiger partial charge in [0.2, 0.25) is 11.9 Å². The van der Waals surface area contributed by atoms with E-state index in [1.165, 1.54) is 5.56 Å². The summed E-state index contributed by atoms with van der Waals surface area (Å²) in [5.74, 6) is 0.708. The summed E-state index contributed by atoms with van der Waals surface area (Å²) in [4.78, 5) is 24.6. The molecule has 0 saturated carbocycles. The van der Waals surface area contributed by atoms with E-state index in [0.29, 0.717) is 5.95 Å². The van der Waals surface area contributed by atoms with E-state index in [-0.39, 0.29) is 5.91 Å². The molecule has 1 aliphatic heterocycles. The lowest BCUT2D eigenvalue weighted by Crippen LogP contribution is -2.47. The summed E-state index contributed by atoms with van der Waals surface area (Å²) in [6.45, 7) is 5.97. The number of rotatable bonds is 5. The zero-order valence-electron chi connectivity index (χ0n) is 16.7. The van der Waals surface area contributed by atoms with Gasteiger partial charge in [0.05, 0.1) is 17.6 Å². The monoisotopic (exact) mass is 391 g/mol. The molecule has 3 aromatic rings. The minimum atomic E-state index is 0.163. The Bertz CT molecular complexity index is 975. The predicted octanol–water partition coefficient (Wildman–Crippen LogP) is 2.28. The molecule has 150 valence electrons. The van der Waals surface area contributed by atoms with Gasteiger partial charge in [0.25, 0.3) is 0 Å². The molecule has 1 fully saturated rings. The zero-order chi connectivity index (χ0) is 20.2. The Balaban J connectivity index is 1.39. The summed E-state index contributed by atoms with van der Waals surface area (Å²) >= 11 is 0. The topological polar surface area (TPSA) is 79.2 Å². The largest absolute Gasteiger partial charge is 0.340 e. The predicted molar refractivity (Wildman–Crippen MR) is 111 cm³/mol. The van der Waals surface area contributed by atoms with Crippen molar-refractivity contribution < 1.29 is 4.79 Å². The highest BCUT2D eigenvalue weighted by molar-refractivity contribution is 5.73. The number of carbonyl (C=O) groups excluding carboxylic acids is 1. The summed E-state index contributed by atoms with van der Waals surface area (Å²) in [6.07, 6.45) is 5.37. The molecule has 1 aromatic carbocycles. The van der Waals surface area contributed by atoms with Crippen molar-refractivity contribution in [1.82, 2.24) is 29.5 Å². The number of anilines is 2. The van der Waals surface area contributed by atoms with Gasteiger partial charge in [-0.3, -0.25) is 14.4 Å². The highest BCUT2D eigenvalue weighted by Crippen LogP contribution is 2.20. The molecule has 0 atom stereocenters. The normalized spacial score (nSPS) is 14.8. The van der Waals surface area contributed by atoms with Gasteiger partial charge in [-0.05, 0) is 11.6 Å². The molecule has 0 bridgehead atoms. The number of piperazine rings is 1. The van der Waals surface area contributed by atoms with Gasteiger partial charge in [0.1, 0.15) is 0 Å². The fourth-order valence-corrected chi connectivity index (χ4v) is 3.45. The van der Waals surface area contributed by atoms with Crippen LogP contribution in [0, 0.1) is 0 Å². The molecule has 3 heterocycles. The SMILES string of the molecule is CC(=O)N1CCN(Cc2ccc(-c3ccnc(Nc4cnn(C)c4)n3)cc2)CC1. The first-order valence-corrected chi connectivity index (χ1v) is 9.73. The first-order valence-electron chi connectivity index (χ1n) is 9.73. The minimum Gasteiger partial charge on any atom is -0.340 e. The molecule has 29 heavy (non-hydrogen) atoms. The molecule has 2 aromatic heterocycles. The first-order chi connectivity index (χ1) is 14.1. The molecule has 0 radical (unpaired) electrons. The summed E-state index contributed by atoms with van der Waals surface area (Å²) in [5, 5.41) is 7.31. The lowest BCUT2D eigenvalue weighted by atomic mass is 10.1. The standard InChI is InChI=1S/C21H25N7O/c1-16(29)28-11-9-27(10-12-28)14-17-3-5-18(6-4-17)20-7-8-22-21(25-20)24-19-13-23-26(2)15-19/h3-8,13,15H,9-12,14H2,1-2H3,(H,22,24,25). The van der Waals surface area contributed by atoms with E-state index in [2.05, 4.69) is 49.5 Å². The van der Waals surface area contributed by atoms with Gasteiger partial charge < -0.3 is 10.2 Å². The van der Waals surface area contributed by atoms with Crippen LogP contribution in [0.2, 0.25) is 0 Å². The smallest absolute Gasteiger partial charge is 0.227 e. The third-order valence-corrected chi connectivity index (χ3v) is 5.09. The molecular weight excluding hydrogens is 366 g/mol. The number of aryl methyl sites for hydroxylation is 1. The van der Waals surface area contributed by atoms with Gasteiger partial charge in [-0.15, -0.1) is 0 Å². The molecular formula is C21H25N7O. The van der Waals surface area contributed by atoms with Crippen LogP contribution in [0.1, 0.15) is 12.5 Å². The van der Waals surface area contributed by atoms with Crippen LogP contribution in [-0.2, 0) is 18.4 Å². The number of nitrogens with zero attached hydrogens (tertiary/aromatic N) is 6. The highest BCUT2D eigenvalue weighted by Gasteiger charge is 2.18. The van der Waals surface area contributed by atoms with Crippen LogP contribution < -0.4 is 5.32 Å². The Morgan fingerprint density at radius 1 is 1.10 bits per heavy atom. The number of benzene rings is 1. The Morgan fingerprint density at radius 3 is 2.52 bits per heavy atom. The molecule has 0 unspecified atom stereocenters. The number of amides is 1. The summed E-state index contributed by atoms with van der Waals surface area (Å²) < 4.78 is 1.73. The molecule has 8 nitrogen and oxygen atoms in total. The second-order valence-electron chi connectivity index (χ2n) is 7.27. The van der Waals surface area contributed by atoms with E-state index in [4.69, 9.17) is 0 Å². The van der Waals surface area contributed by atoms with Crippen molar-refractivity contribution >= 4 is 17.5 Å². The summed E-state index contributed by atoms with van der Waals surface area (Å²) in [6, 6.07) is 10.4. The highest BCUT2D eigenvalue weighted by atomic mass is 16.2. The van der Waals surface area contributed by atoms with Crippen molar-refractivity contribution in [2.24, 2.45) is 7.05 Å². The van der Waals surface area contributed by atoms with Gasteiger partial charge in [0, 0.05) is 64.7 Å². The van der Waals surface area contributed by atoms with E-state index in [1.54, 1.807) is 24.0 Å². The minimum absolute atomic E-state index is 0.163. The van der Waals surface area contributed by atoms with Gasteiger partial charge in [-0.25, -0.2) is 9.97 Å². The number of hydrogen-bond acceptors (Lipinski definition) is 6. The van der Waals surface area contributed by atoms with Crippen molar-refractivity contribution in [3.63, 3.8) is 0 Å². The van der Waals surface area contributed by atoms with Gasteiger partial charge in [0.15, 0.2) is 0 Å². The quantitative estimate of drug-likeness (QED) is 0.719. The van der Waals surface area contributed by atoms with E-state index in [9.17, 15) is 4.79 Å². The maximum Gasteiger partial charge on any atom is 0.227 e. The maximum atomic E-state index is 11.5. The maximum absolute atomic E-state index is 11.5. The average molecular weight is 391 g/mol. The Morgan fingerprint density at radius 2 is 1.86 bits per heavy atom. The van der Waals surface area contributed by atoms with Crippen molar-refractivity contribution in [1.29, 1.82) is 0 Å². The number of carbonyl (C=O) groups is 1. The van der Waals surface area contributed by atoms with Crippen molar-refractivity contribution in [2.45, 2.75) is 13.5 Å². The van der Waals surface area contributed by atoms with Gasteiger partial charge in [-0.2, -0.15) is 5.10 Å². The van der Waals surface area contributed by atoms with Crippen LogP contribution in [0.4, 0.5) is 11.6 Å². The van der Waals surface area contributed by atoms with Crippen LogP contribution in [0.15, 0.2) is 48.9 Å². The third-order valence-electron chi connectivity index (χ3n) is 5.09. The summed E-state index contributed by atoms with van der Waals surface area (Å²) in [7, 11) is 1.87. The number of aromatic nitrogens is 4. The second kappa shape index (κ2) is 8.40. The second-order valence-corrected chi connectivity index (χ2v) is 7.27. The van der Waals surface area contributed by atoms with Crippen molar-refractivity contribution in [3.05, 3.63) is 54.5 Å². The molecule has 0 spiro atoms. The Kier molecular flexibility index (Phi) is 5.53. The summed E-state index contributed by atoms with van der Waals surface area (Å²) in [5.41, 5.74) is 4.03. The molecule has 1 N–H and O–H groups in total. The molecule has 8 heteroatoms. The fourth-order valence-electron chi connectivity index (χ4n) is 3.45. The number of nitrogens with one attached hydrogen (secondary N) is 1. The molecule has 1 amide bonds. The zero-order valence-corrected chi connectivity index (χ0v) is 16.7. The number of hydrogen-bond donors (Lipinski definition) is 1. The van der Waals surface area contributed by atoms with E-state index in [1.807, 2.05) is 24.2 Å². The van der Waals surface area contributed by atoms with Gasteiger partial charge in [-0.1, -0.05) is 24.3 Å². The lowest BCUT2D eigenvalue weighted by Gasteiger charge is -2.34. The van der Waals surface area contributed by atoms with Crippen LogP contribution in [0.5, 0.6) is 0 Å². The van der Waals surface area contributed by atoms with E-state index in [0.717, 1.165) is 49.7 Å². The molecule has 1 saturated heterocycles. The fraction of sp³-hybridized carbons (Fsp3) is 0.333. The van der Waals surface area contributed by atoms with Crippen LogP contribution in [0.25, 0.3) is 11.3 Å². The van der Waals surface area contributed by atoms with Crippen LogP contribution in [0.3, 0.4) is 0 Å². The van der Waals surface area contributed by atoms with Crippen LogP contribution >= 0.6 is 0 Å². The van der Waals surface area contributed by atoms with Crippen molar-refractivity contribution in [2.75, 3.05) is 31.5 Å². The molecule has 4 rings (SSSR count). The average Bonchev–Trinajstić information content (AvgIpc) is 3.14. The van der Waals surface area contributed by atoms with Gasteiger partial charge >= 0.3 is 0 Å². The van der Waals surface area contributed by atoms with Crippen molar-refractivity contribution in [3.8, 4) is 11.3 Å². The molecule has 0 aliphatic carbocycles. The first kappa shape index (κ1) is 19.1. The lowest BCUT2D eigenvalue weighted by molar-refractivity contribution is -0.130.